The van der Waals surface area contributed by atoms with E-state index in [4.69, 9.17) is 4.74 Å². The number of nitrogens with zero attached hydrogens (tertiary/aromatic N) is 4. The average Bonchev–Trinajstić information content (AvgIpc) is 2.68. The molecule has 0 fully saturated rings. The van der Waals surface area contributed by atoms with Gasteiger partial charge in [0.25, 0.3) is 0 Å². The van der Waals surface area contributed by atoms with E-state index in [0.29, 0.717) is 12.2 Å². The molecule has 0 aliphatic rings. The molecule has 1 aromatic rings. The Morgan fingerprint density at radius 3 is 2.59 bits per heavy atom. The second kappa shape index (κ2) is 5.77. The molecule has 0 aliphatic heterocycles. The molecule has 0 bridgehead atoms. The zero-order valence-corrected chi connectivity index (χ0v) is 11.1. The van der Waals surface area contributed by atoms with Crippen LogP contribution in [0.1, 0.15) is 35.9 Å². The summed E-state index contributed by atoms with van der Waals surface area (Å²) in [6.45, 7) is 5.59. The number of ether oxygens (including phenoxy) is 1. The van der Waals surface area contributed by atoms with Crippen molar-refractivity contribution in [3.05, 3.63) is 11.4 Å². The summed E-state index contributed by atoms with van der Waals surface area (Å²) in [5.74, 6) is -0.244. The van der Waals surface area contributed by atoms with Crippen LogP contribution in [0.5, 0.6) is 0 Å². The van der Waals surface area contributed by atoms with Crippen LogP contribution in [0.3, 0.4) is 0 Å². The van der Waals surface area contributed by atoms with Gasteiger partial charge in [0.15, 0.2) is 5.69 Å². The van der Waals surface area contributed by atoms with Gasteiger partial charge < -0.3 is 9.64 Å². The molecule has 6 heteroatoms. The molecule has 0 saturated heterocycles. The molecular formula is C11H20N4O2. The summed E-state index contributed by atoms with van der Waals surface area (Å²) in [6.07, 6.45) is 0. The standard InChI is InChI=1S/C11H20N4O2/c1-8(2)10-9(11(16)17-5)12-13-15(10)7-6-14(3)4/h8H,6-7H2,1-5H3. The number of methoxy groups -OCH3 is 1. The van der Waals surface area contributed by atoms with Crippen LogP contribution in [0, 0.1) is 0 Å². The van der Waals surface area contributed by atoms with Crippen LogP contribution < -0.4 is 0 Å². The second-order valence-electron chi connectivity index (χ2n) is 4.50. The zero-order chi connectivity index (χ0) is 13.0. The van der Waals surface area contributed by atoms with Crippen LogP contribution in [0.2, 0.25) is 0 Å². The van der Waals surface area contributed by atoms with Gasteiger partial charge in [-0.25, -0.2) is 9.48 Å². The third-order valence-corrected chi connectivity index (χ3v) is 2.46. The van der Waals surface area contributed by atoms with E-state index in [9.17, 15) is 4.79 Å². The first-order chi connectivity index (χ1) is 7.97. The fraction of sp³-hybridized carbons (Fsp3) is 0.727. The number of esters is 1. The number of hydrogen-bond acceptors (Lipinski definition) is 5. The lowest BCUT2D eigenvalue weighted by Gasteiger charge is -2.13. The molecule has 1 heterocycles. The van der Waals surface area contributed by atoms with E-state index >= 15 is 0 Å². The highest BCUT2D eigenvalue weighted by molar-refractivity contribution is 5.88. The normalized spacial score (nSPS) is 11.2. The number of carbonyl (C=O) groups excluding carboxylic acids is 1. The predicted octanol–water partition coefficient (Wildman–Crippen LogP) is 0.750. The lowest BCUT2D eigenvalue weighted by atomic mass is 10.1. The Balaban J connectivity index is 2.98. The van der Waals surface area contributed by atoms with Gasteiger partial charge >= 0.3 is 5.97 Å². The third kappa shape index (κ3) is 3.26. The van der Waals surface area contributed by atoms with Gasteiger partial charge in [-0.1, -0.05) is 19.1 Å². The van der Waals surface area contributed by atoms with E-state index in [0.717, 1.165) is 12.2 Å². The van der Waals surface area contributed by atoms with Crippen molar-refractivity contribution in [3.8, 4) is 0 Å². The van der Waals surface area contributed by atoms with Gasteiger partial charge in [-0.3, -0.25) is 0 Å². The molecule has 17 heavy (non-hydrogen) atoms. The molecule has 0 amide bonds. The fourth-order valence-corrected chi connectivity index (χ4v) is 1.59. The van der Waals surface area contributed by atoms with E-state index in [-0.39, 0.29) is 5.92 Å². The highest BCUT2D eigenvalue weighted by Crippen LogP contribution is 2.18. The first-order valence-corrected chi connectivity index (χ1v) is 5.63. The molecule has 0 atom stereocenters. The van der Waals surface area contributed by atoms with Crippen molar-refractivity contribution >= 4 is 5.97 Å². The lowest BCUT2D eigenvalue weighted by molar-refractivity contribution is 0.0592. The molecule has 0 aromatic carbocycles. The molecular weight excluding hydrogens is 220 g/mol. The van der Waals surface area contributed by atoms with Gasteiger partial charge in [0, 0.05) is 6.54 Å². The average molecular weight is 240 g/mol. The molecule has 0 aliphatic carbocycles. The van der Waals surface area contributed by atoms with E-state index in [1.165, 1.54) is 7.11 Å². The van der Waals surface area contributed by atoms with Gasteiger partial charge in [-0.05, 0) is 20.0 Å². The molecule has 0 saturated carbocycles. The Labute approximate surface area is 102 Å². The van der Waals surface area contributed by atoms with E-state index in [2.05, 4.69) is 15.2 Å². The van der Waals surface area contributed by atoms with Crippen molar-refractivity contribution in [1.82, 2.24) is 19.9 Å². The summed E-state index contributed by atoms with van der Waals surface area (Å²) in [5.41, 5.74) is 1.15. The van der Waals surface area contributed by atoms with E-state index in [1.54, 1.807) is 4.68 Å². The second-order valence-corrected chi connectivity index (χ2v) is 4.50. The number of aromatic nitrogens is 3. The smallest absolute Gasteiger partial charge is 0.360 e. The summed E-state index contributed by atoms with van der Waals surface area (Å²) in [5, 5.41) is 7.92. The summed E-state index contributed by atoms with van der Waals surface area (Å²) in [7, 11) is 5.34. The zero-order valence-electron chi connectivity index (χ0n) is 11.1. The van der Waals surface area contributed by atoms with Crippen LogP contribution in [0.15, 0.2) is 0 Å². The number of carbonyl (C=O) groups is 1. The monoisotopic (exact) mass is 240 g/mol. The predicted molar refractivity (Wildman–Crippen MR) is 64.0 cm³/mol. The lowest BCUT2D eigenvalue weighted by Crippen LogP contribution is -2.21. The van der Waals surface area contributed by atoms with Crippen molar-refractivity contribution in [2.75, 3.05) is 27.7 Å². The largest absolute Gasteiger partial charge is 0.464 e. The number of likely N-dealkylation sites (N-methyl/N-ethyl adjacent to an activating group) is 1. The van der Waals surface area contributed by atoms with Crippen LogP contribution in [-0.4, -0.2) is 53.6 Å². The minimum Gasteiger partial charge on any atom is -0.464 e. The van der Waals surface area contributed by atoms with Gasteiger partial charge in [-0.15, -0.1) is 5.10 Å². The Bertz CT molecular complexity index is 385. The van der Waals surface area contributed by atoms with E-state index < -0.39 is 5.97 Å². The van der Waals surface area contributed by atoms with Crippen molar-refractivity contribution in [2.24, 2.45) is 0 Å². The summed E-state index contributed by atoms with van der Waals surface area (Å²) >= 11 is 0. The first kappa shape index (κ1) is 13.6. The maximum atomic E-state index is 11.5. The topological polar surface area (TPSA) is 60.2 Å². The van der Waals surface area contributed by atoms with Crippen molar-refractivity contribution in [3.63, 3.8) is 0 Å². The molecule has 96 valence electrons. The number of hydrogen-bond donors (Lipinski definition) is 0. The maximum Gasteiger partial charge on any atom is 0.360 e. The quantitative estimate of drug-likeness (QED) is 0.711. The molecule has 6 nitrogen and oxygen atoms in total. The van der Waals surface area contributed by atoms with Crippen LogP contribution in [0.25, 0.3) is 0 Å². The fourth-order valence-electron chi connectivity index (χ4n) is 1.59. The SMILES string of the molecule is COC(=O)c1nnn(CCN(C)C)c1C(C)C. The first-order valence-electron chi connectivity index (χ1n) is 5.63. The summed E-state index contributed by atoms with van der Waals surface area (Å²) in [6, 6.07) is 0. The summed E-state index contributed by atoms with van der Waals surface area (Å²) < 4.78 is 6.48. The number of rotatable bonds is 5. The van der Waals surface area contributed by atoms with Crippen LogP contribution in [0.4, 0.5) is 0 Å². The molecule has 0 N–H and O–H groups in total. The highest BCUT2D eigenvalue weighted by atomic mass is 16.5. The molecule has 1 rings (SSSR count). The Morgan fingerprint density at radius 1 is 1.47 bits per heavy atom. The highest BCUT2D eigenvalue weighted by Gasteiger charge is 2.22. The van der Waals surface area contributed by atoms with Crippen LogP contribution in [-0.2, 0) is 11.3 Å². The minimum atomic E-state index is -0.426. The molecule has 1 aromatic heterocycles. The van der Waals surface area contributed by atoms with E-state index in [1.807, 2.05) is 27.9 Å². The van der Waals surface area contributed by atoms with Crippen molar-refractivity contribution in [1.29, 1.82) is 0 Å². The minimum absolute atomic E-state index is 0.182. The molecule has 0 radical (unpaired) electrons. The summed E-state index contributed by atoms with van der Waals surface area (Å²) in [4.78, 5) is 13.6. The van der Waals surface area contributed by atoms with Gasteiger partial charge in [0.05, 0.1) is 19.3 Å². The maximum absolute atomic E-state index is 11.5. The van der Waals surface area contributed by atoms with Gasteiger partial charge in [0.1, 0.15) is 0 Å². The molecule has 0 unspecified atom stereocenters. The van der Waals surface area contributed by atoms with Gasteiger partial charge in [0.2, 0.25) is 0 Å². The Morgan fingerprint density at radius 2 is 2.12 bits per heavy atom. The third-order valence-electron chi connectivity index (χ3n) is 2.46. The Kier molecular flexibility index (Phi) is 4.62. The van der Waals surface area contributed by atoms with Crippen LogP contribution >= 0.6 is 0 Å². The van der Waals surface area contributed by atoms with Gasteiger partial charge in [-0.2, -0.15) is 0 Å². The van der Waals surface area contributed by atoms with Crippen molar-refractivity contribution < 1.29 is 9.53 Å². The molecule has 0 spiro atoms. The Hall–Kier alpha value is -1.43. The van der Waals surface area contributed by atoms with Crippen molar-refractivity contribution in [2.45, 2.75) is 26.3 Å².